The molecule has 3 rings (SSSR count). The van der Waals surface area contributed by atoms with E-state index in [9.17, 15) is 9.59 Å². The summed E-state index contributed by atoms with van der Waals surface area (Å²) in [5.74, 6) is -0.335. The second-order valence-electron chi connectivity index (χ2n) is 5.27. The molecule has 0 aliphatic rings. The lowest BCUT2D eigenvalue weighted by atomic mass is 9.99. The maximum Gasteiger partial charge on any atom is 0.375 e. The summed E-state index contributed by atoms with van der Waals surface area (Å²) in [6.07, 6.45) is 0.312. The first-order chi connectivity index (χ1) is 12.2. The van der Waals surface area contributed by atoms with Crippen molar-refractivity contribution in [1.82, 2.24) is 0 Å². The van der Waals surface area contributed by atoms with E-state index in [1.807, 2.05) is 6.07 Å². The van der Waals surface area contributed by atoms with Crippen molar-refractivity contribution >= 4 is 11.8 Å². The zero-order valence-corrected chi connectivity index (χ0v) is 13.5. The maximum absolute atomic E-state index is 12.9. The third-order valence-electron chi connectivity index (χ3n) is 3.66. The van der Waals surface area contributed by atoms with Crippen LogP contribution >= 0.6 is 0 Å². The number of benzene rings is 2. The highest BCUT2D eigenvalue weighted by Gasteiger charge is 2.27. The van der Waals surface area contributed by atoms with Gasteiger partial charge in [0.25, 0.3) is 0 Å². The number of hydrogen-bond acceptors (Lipinski definition) is 5. The van der Waals surface area contributed by atoms with E-state index in [4.69, 9.17) is 13.9 Å². The van der Waals surface area contributed by atoms with Crippen molar-refractivity contribution in [2.45, 2.75) is 6.10 Å². The minimum atomic E-state index is -1.06. The molecule has 5 nitrogen and oxygen atoms in total. The van der Waals surface area contributed by atoms with E-state index in [0.29, 0.717) is 16.9 Å². The molecule has 2 aromatic carbocycles. The Morgan fingerprint density at radius 3 is 2.24 bits per heavy atom. The summed E-state index contributed by atoms with van der Waals surface area (Å²) in [6, 6.07) is 18.6. The fraction of sp³-hybridized carbons (Fsp3) is 0.100. The molecule has 1 heterocycles. The topological polar surface area (TPSA) is 65.7 Å². The SMILES string of the molecule is COc1ccc(C(=O)C(OC(=O)c2ccco2)c2ccccc2)cc1. The third-order valence-corrected chi connectivity index (χ3v) is 3.66. The minimum absolute atomic E-state index is 0.0449. The minimum Gasteiger partial charge on any atom is -0.497 e. The van der Waals surface area contributed by atoms with Gasteiger partial charge in [-0.1, -0.05) is 30.3 Å². The van der Waals surface area contributed by atoms with Crippen LogP contribution in [0, 0.1) is 0 Å². The number of furan rings is 1. The first kappa shape index (κ1) is 16.5. The molecule has 0 bridgehead atoms. The molecule has 0 radical (unpaired) electrons. The standard InChI is InChI=1S/C20H16O5/c1-23-16-11-9-14(10-12-16)18(21)19(15-6-3-2-4-7-15)25-20(22)17-8-5-13-24-17/h2-13,19H,1H3. The Bertz CT molecular complexity index is 836. The van der Waals surface area contributed by atoms with E-state index in [1.165, 1.54) is 12.3 Å². The smallest absolute Gasteiger partial charge is 0.375 e. The van der Waals surface area contributed by atoms with Crippen molar-refractivity contribution in [2.75, 3.05) is 7.11 Å². The summed E-state index contributed by atoms with van der Waals surface area (Å²) in [7, 11) is 1.55. The van der Waals surface area contributed by atoms with Crippen molar-refractivity contribution in [3.8, 4) is 5.75 Å². The zero-order valence-electron chi connectivity index (χ0n) is 13.5. The number of carbonyl (C=O) groups excluding carboxylic acids is 2. The number of carbonyl (C=O) groups is 2. The predicted molar refractivity (Wildman–Crippen MR) is 90.6 cm³/mol. The van der Waals surface area contributed by atoms with Gasteiger partial charge in [-0.3, -0.25) is 4.79 Å². The molecule has 126 valence electrons. The van der Waals surface area contributed by atoms with Crippen LogP contribution in [0.3, 0.4) is 0 Å². The molecule has 25 heavy (non-hydrogen) atoms. The van der Waals surface area contributed by atoms with Crippen molar-refractivity contribution in [2.24, 2.45) is 0 Å². The fourth-order valence-corrected chi connectivity index (χ4v) is 2.37. The highest BCUT2D eigenvalue weighted by molar-refractivity contribution is 6.01. The summed E-state index contributed by atoms with van der Waals surface area (Å²) < 4.78 is 15.6. The van der Waals surface area contributed by atoms with Crippen LogP contribution in [0.15, 0.2) is 77.4 Å². The van der Waals surface area contributed by atoms with Crippen molar-refractivity contribution in [3.05, 3.63) is 89.9 Å². The number of esters is 1. The molecule has 1 atom stereocenters. The Hall–Kier alpha value is -3.34. The van der Waals surface area contributed by atoms with Crippen molar-refractivity contribution in [3.63, 3.8) is 0 Å². The van der Waals surface area contributed by atoms with E-state index in [0.717, 1.165) is 0 Å². The Labute approximate surface area is 144 Å². The number of Topliss-reactive ketones (excluding diaryl/α,β-unsaturated/α-hetero) is 1. The molecular weight excluding hydrogens is 320 g/mol. The molecule has 0 N–H and O–H groups in total. The van der Waals surface area contributed by atoms with Gasteiger partial charge in [-0.25, -0.2) is 4.79 Å². The lowest BCUT2D eigenvalue weighted by molar-refractivity contribution is 0.0250. The zero-order chi connectivity index (χ0) is 17.6. The van der Waals surface area contributed by atoms with E-state index in [-0.39, 0.29) is 11.5 Å². The van der Waals surface area contributed by atoms with E-state index in [2.05, 4.69) is 0 Å². The van der Waals surface area contributed by atoms with Crippen LogP contribution in [0.4, 0.5) is 0 Å². The van der Waals surface area contributed by atoms with Gasteiger partial charge in [-0.05, 0) is 36.4 Å². The van der Waals surface area contributed by atoms with Crippen LogP contribution in [0.2, 0.25) is 0 Å². The van der Waals surface area contributed by atoms with Gasteiger partial charge in [0.2, 0.25) is 11.5 Å². The number of rotatable bonds is 6. The number of ether oxygens (including phenoxy) is 2. The number of hydrogen-bond donors (Lipinski definition) is 0. The largest absolute Gasteiger partial charge is 0.497 e. The Kier molecular flexibility index (Phi) is 4.95. The molecule has 0 saturated carbocycles. The first-order valence-electron chi connectivity index (χ1n) is 7.67. The summed E-state index contributed by atoms with van der Waals surface area (Å²) in [4.78, 5) is 25.1. The number of ketones is 1. The molecule has 0 aliphatic heterocycles. The second kappa shape index (κ2) is 7.49. The molecule has 1 aromatic heterocycles. The van der Waals surface area contributed by atoms with Crippen molar-refractivity contribution in [1.29, 1.82) is 0 Å². The van der Waals surface area contributed by atoms with E-state index in [1.54, 1.807) is 61.7 Å². The fourth-order valence-electron chi connectivity index (χ4n) is 2.37. The van der Waals surface area contributed by atoms with Gasteiger partial charge in [0.1, 0.15) is 5.75 Å². The van der Waals surface area contributed by atoms with Crippen LogP contribution in [-0.4, -0.2) is 18.9 Å². The number of methoxy groups -OCH3 is 1. The molecule has 3 aromatic rings. The lowest BCUT2D eigenvalue weighted by Gasteiger charge is -2.17. The molecule has 0 spiro atoms. The van der Waals surface area contributed by atoms with Gasteiger partial charge in [0.05, 0.1) is 13.4 Å². The highest BCUT2D eigenvalue weighted by atomic mass is 16.6. The van der Waals surface area contributed by atoms with Crippen LogP contribution in [0.25, 0.3) is 0 Å². The Balaban J connectivity index is 1.90. The van der Waals surface area contributed by atoms with Gasteiger partial charge in [0, 0.05) is 11.1 Å². The normalized spacial score (nSPS) is 11.6. The Morgan fingerprint density at radius 2 is 1.64 bits per heavy atom. The van der Waals surface area contributed by atoms with Gasteiger partial charge in [-0.2, -0.15) is 0 Å². The van der Waals surface area contributed by atoms with Crippen LogP contribution in [0.5, 0.6) is 5.75 Å². The molecule has 1 unspecified atom stereocenters. The molecule has 0 saturated heterocycles. The van der Waals surface area contributed by atoms with Gasteiger partial charge < -0.3 is 13.9 Å². The molecular formula is C20H16O5. The van der Waals surface area contributed by atoms with Gasteiger partial charge in [0.15, 0.2) is 6.10 Å². The predicted octanol–water partition coefficient (Wildman–Crippen LogP) is 4.07. The lowest BCUT2D eigenvalue weighted by Crippen LogP contribution is -2.20. The highest BCUT2D eigenvalue weighted by Crippen LogP contribution is 2.25. The first-order valence-corrected chi connectivity index (χ1v) is 7.67. The van der Waals surface area contributed by atoms with Gasteiger partial charge in [-0.15, -0.1) is 0 Å². The Morgan fingerprint density at radius 1 is 0.920 bits per heavy atom. The average molecular weight is 336 g/mol. The monoisotopic (exact) mass is 336 g/mol. The van der Waals surface area contributed by atoms with Crippen LogP contribution < -0.4 is 4.74 Å². The summed E-state index contributed by atoms with van der Waals surface area (Å²) >= 11 is 0. The third kappa shape index (κ3) is 3.77. The summed E-state index contributed by atoms with van der Waals surface area (Å²) in [6.45, 7) is 0. The summed E-state index contributed by atoms with van der Waals surface area (Å²) in [5, 5.41) is 0. The van der Waals surface area contributed by atoms with E-state index >= 15 is 0 Å². The molecule has 0 aliphatic carbocycles. The molecule has 0 fully saturated rings. The average Bonchev–Trinajstić information content (AvgIpc) is 3.21. The second-order valence-corrected chi connectivity index (χ2v) is 5.27. The quantitative estimate of drug-likeness (QED) is 0.501. The maximum atomic E-state index is 12.9. The van der Waals surface area contributed by atoms with Crippen molar-refractivity contribution < 1.29 is 23.5 Å². The summed E-state index contributed by atoms with van der Waals surface area (Å²) in [5.41, 5.74) is 1.00. The van der Waals surface area contributed by atoms with Gasteiger partial charge >= 0.3 is 5.97 Å². The van der Waals surface area contributed by atoms with Crippen LogP contribution in [0.1, 0.15) is 32.6 Å². The molecule has 5 heteroatoms. The molecule has 0 amide bonds. The van der Waals surface area contributed by atoms with E-state index < -0.39 is 12.1 Å². The van der Waals surface area contributed by atoms with Crippen LogP contribution in [-0.2, 0) is 4.74 Å².